The van der Waals surface area contributed by atoms with Gasteiger partial charge in [0, 0.05) is 242 Å². The summed E-state index contributed by atoms with van der Waals surface area (Å²) in [6, 6.07) is 0. The van der Waals surface area contributed by atoms with Crippen molar-refractivity contribution in [2.24, 2.45) is 0 Å². The average molecular weight is 1200 g/mol. The van der Waals surface area contributed by atoms with E-state index in [-0.39, 0.29) is 44.8 Å². The molecule has 0 rings (SSSR count). The van der Waals surface area contributed by atoms with Crippen molar-refractivity contribution >= 4 is 0 Å². The fraction of sp³-hybridized carbons (Fsp3) is 0. The van der Waals surface area contributed by atoms with Crippen LogP contribution in [0, 0.1) is 355 Å². The topological polar surface area (TPSA) is 714 Å². The molecule has 0 aromatic rings. The molecule has 0 N–H and O–H groups in total. The summed E-state index contributed by atoms with van der Waals surface area (Å²) in [5.41, 5.74) is 0. The van der Waals surface area contributed by atoms with Crippen LogP contribution in [0.2, 0.25) is 0 Å². The summed E-state index contributed by atoms with van der Waals surface area (Å²) in [6.07, 6.45) is 0. The van der Waals surface area contributed by atoms with Crippen molar-refractivity contribution < 1.29 is 44.8 Å². The molecule has 0 heterocycles. The Morgan fingerprint density at radius 3 is 0.0645 bits per heavy atom. The van der Waals surface area contributed by atoms with Crippen molar-refractivity contribution in [2.75, 3.05) is 0 Å². The standard InChI is InChI=1S/30CHN.2Au/c30*1-2;;/h30*1H;;. The Morgan fingerprint density at radius 2 is 0.0645 bits per heavy atom. The Bertz CT molecular complexity index is 657. The van der Waals surface area contributed by atoms with Crippen LogP contribution >= 0.6 is 0 Å². The molecular weight excluding hydrogens is 1170 g/mol. The van der Waals surface area contributed by atoms with E-state index in [9.17, 15) is 0 Å². The second-order valence-electron chi connectivity index (χ2n) is 0. The van der Waals surface area contributed by atoms with Gasteiger partial charge in [-0.15, -0.1) is 0 Å². The molecule has 0 saturated carbocycles. The summed E-state index contributed by atoms with van der Waals surface area (Å²) in [7, 11) is 0. The first-order valence-corrected chi connectivity index (χ1v) is 7.75. The van der Waals surface area contributed by atoms with E-state index in [1.165, 1.54) is 0 Å². The summed E-state index contributed by atoms with van der Waals surface area (Å²) in [5.74, 6) is 0. The Labute approximate surface area is 398 Å². The molecule has 2 radical (unpaired) electrons. The maximum Gasteiger partial charge on any atom is 0.0462 e. The fourth-order valence-corrected chi connectivity index (χ4v) is 0. The first-order valence-electron chi connectivity index (χ1n) is 7.75. The van der Waals surface area contributed by atoms with Crippen LogP contribution in [0.1, 0.15) is 0 Å². The van der Waals surface area contributed by atoms with Gasteiger partial charge in [0.05, 0.1) is 0 Å². The SMILES string of the molecule is C#N.C#N.C#N.C#N.C#N.C#N.C#N.C#N.C#N.C#N.C#N.C#N.C#N.C#N.C#N.C#N.C#N.C#N.C#N.C#N.C#N.C#N.C#N.C#N.C#N.C#N.C#N.C#N.C#N.C#N.[Au].[Au]. The van der Waals surface area contributed by atoms with Gasteiger partial charge in [-0.1, -0.05) is 0 Å². The van der Waals surface area contributed by atoms with E-state index in [0.717, 1.165) is 0 Å². The predicted molar refractivity (Wildman–Crippen MR) is 200 cm³/mol. The van der Waals surface area contributed by atoms with Crippen molar-refractivity contribution in [1.29, 1.82) is 158 Å². The molecule has 32 heteroatoms. The van der Waals surface area contributed by atoms with Gasteiger partial charge in [-0.25, -0.2) is 158 Å². The first kappa shape index (κ1) is 410. The van der Waals surface area contributed by atoms with Crippen molar-refractivity contribution in [3.63, 3.8) is 0 Å². The molecule has 0 atom stereocenters. The zero-order valence-corrected chi connectivity index (χ0v) is 35.7. The van der Waals surface area contributed by atoms with Gasteiger partial charge in [0.15, 0.2) is 0 Å². The van der Waals surface area contributed by atoms with Gasteiger partial charge in [-0.2, -0.15) is 0 Å². The molecule has 30 nitrogen and oxygen atoms in total. The van der Waals surface area contributed by atoms with E-state index in [1.807, 2.05) is 0 Å². The third kappa shape index (κ3) is 494. The molecule has 0 fully saturated rings. The Morgan fingerprint density at radius 1 is 0.0645 bits per heavy atom. The molecular formula is C30H30Au2N30. The summed E-state index contributed by atoms with van der Waals surface area (Å²) in [4.78, 5) is 0. The van der Waals surface area contributed by atoms with Gasteiger partial charge in [-0.05, 0) is 0 Å². The van der Waals surface area contributed by atoms with Crippen LogP contribution in [0.15, 0.2) is 0 Å². The minimum absolute atomic E-state index is 0. The van der Waals surface area contributed by atoms with E-state index in [4.69, 9.17) is 158 Å². The first-order chi connectivity index (χ1) is 30.0. The molecule has 0 aliphatic heterocycles. The normalized spacial score (nSPS) is 0.968. The smallest absolute Gasteiger partial charge is 0.0462 e. The number of hydrogen-bond acceptors (Lipinski definition) is 30. The van der Waals surface area contributed by atoms with Crippen LogP contribution in [0.5, 0.6) is 0 Å². The van der Waals surface area contributed by atoms with Crippen molar-refractivity contribution in [2.45, 2.75) is 0 Å². The number of hydrogen-bond donors (Lipinski definition) is 0. The predicted octanol–water partition coefficient (Wildman–Crippen LogP) is 4.19. The summed E-state index contributed by atoms with van der Waals surface area (Å²) in [6.45, 7) is 105. The molecule has 62 heavy (non-hydrogen) atoms. The zero-order chi connectivity index (χ0) is 60.0. The minimum Gasteiger partial charge on any atom is -0.202 e. The van der Waals surface area contributed by atoms with E-state index in [0.29, 0.717) is 0 Å². The monoisotopic (exact) mass is 1200 g/mol. The number of rotatable bonds is 0. The van der Waals surface area contributed by atoms with Gasteiger partial charge in [0.1, 0.15) is 0 Å². The molecule has 0 amide bonds. The van der Waals surface area contributed by atoms with Crippen molar-refractivity contribution in [3.8, 4) is 197 Å². The molecule has 322 valence electrons. The second kappa shape index (κ2) is 527. The maximum atomic E-state index is 6.50. The van der Waals surface area contributed by atoms with Crippen LogP contribution < -0.4 is 0 Å². The van der Waals surface area contributed by atoms with Gasteiger partial charge in [0.2, 0.25) is 0 Å². The summed E-state index contributed by atoms with van der Waals surface area (Å²) >= 11 is 0. The quantitative estimate of drug-likeness (QED) is 0.307. The molecule has 0 aromatic carbocycles. The molecule has 0 saturated heterocycles. The molecule has 0 aromatic heterocycles. The Kier molecular flexibility index (Phi) is 3480. The number of nitriles is 30. The molecule has 0 bridgehead atoms. The zero-order valence-electron chi connectivity index (χ0n) is 31.3. The second-order valence-corrected chi connectivity index (χ2v) is 0. The molecule has 0 spiro atoms. The Balaban J connectivity index is -0.00000000500. The van der Waals surface area contributed by atoms with Crippen LogP contribution in [0.4, 0.5) is 0 Å². The third-order valence-electron chi connectivity index (χ3n) is 0. The van der Waals surface area contributed by atoms with Crippen molar-refractivity contribution in [3.05, 3.63) is 0 Å². The molecule has 0 unspecified atom stereocenters. The average Bonchev–Trinajstić information content (AvgIpc) is 3.50. The Hall–Kier alpha value is -13.8. The number of nitrogens with zero attached hydrogens (tertiary/aromatic N) is 30. The molecule has 0 aliphatic rings. The minimum atomic E-state index is 0. The van der Waals surface area contributed by atoms with Crippen molar-refractivity contribution in [1.82, 2.24) is 0 Å². The van der Waals surface area contributed by atoms with E-state index in [2.05, 4.69) is 197 Å². The van der Waals surface area contributed by atoms with Crippen LogP contribution in [-0.4, -0.2) is 0 Å². The van der Waals surface area contributed by atoms with Gasteiger partial charge in [0.25, 0.3) is 0 Å². The van der Waals surface area contributed by atoms with Crippen LogP contribution in [0.25, 0.3) is 0 Å². The third-order valence-corrected chi connectivity index (χ3v) is 0. The van der Waals surface area contributed by atoms with E-state index in [1.54, 1.807) is 0 Å². The largest absolute Gasteiger partial charge is 0.202 e. The van der Waals surface area contributed by atoms with Crippen LogP contribution in [0.3, 0.4) is 0 Å². The van der Waals surface area contributed by atoms with E-state index < -0.39 is 0 Å². The molecule has 0 aliphatic carbocycles. The summed E-state index contributed by atoms with van der Waals surface area (Å²) < 4.78 is 0. The van der Waals surface area contributed by atoms with Gasteiger partial charge in [-0.3, -0.25) is 0 Å². The maximum absolute atomic E-state index is 6.50. The van der Waals surface area contributed by atoms with E-state index >= 15 is 0 Å². The van der Waals surface area contributed by atoms with Gasteiger partial charge < -0.3 is 0 Å². The summed E-state index contributed by atoms with van der Waals surface area (Å²) in [5, 5.41) is 195. The van der Waals surface area contributed by atoms with Crippen LogP contribution in [-0.2, 0) is 44.8 Å². The fourth-order valence-electron chi connectivity index (χ4n) is 0. The van der Waals surface area contributed by atoms with Gasteiger partial charge >= 0.3 is 0 Å².